The zero-order chi connectivity index (χ0) is 24.2. The minimum absolute atomic E-state index is 0.178. The zero-order valence-corrected chi connectivity index (χ0v) is 23.1. The van der Waals surface area contributed by atoms with Gasteiger partial charge >= 0.3 is 0 Å². The Morgan fingerprint density at radius 3 is 1.27 bits per heavy atom. The molecule has 0 rings (SSSR count). The summed E-state index contributed by atoms with van der Waals surface area (Å²) in [4.78, 5) is 2.40. The molecule has 3 N–H and O–H groups in total. The van der Waals surface area contributed by atoms with Gasteiger partial charge < -0.3 is 10.8 Å². The fourth-order valence-electron chi connectivity index (χ4n) is 4.91. The quantitative estimate of drug-likeness (QED) is 0.113. The van der Waals surface area contributed by atoms with Crippen molar-refractivity contribution in [2.45, 2.75) is 168 Å². The van der Waals surface area contributed by atoms with Crippen LogP contribution in [0.3, 0.4) is 0 Å². The Bertz CT molecular complexity index is 350. The molecule has 3 nitrogen and oxygen atoms in total. The molecule has 1 atom stereocenters. The van der Waals surface area contributed by atoms with E-state index in [0.717, 1.165) is 26.1 Å². The molecular weight excluding hydrogens is 404 g/mol. The van der Waals surface area contributed by atoms with Crippen molar-refractivity contribution in [3.63, 3.8) is 0 Å². The Kier molecular flexibility index (Phi) is 28.0. The summed E-state index contributed by atoms with van der Waals surface area (Å²) in [6, 6.07) is 0. The Labute approximate surface area is 209 Å². The summed E-state index contributed by atoms with van der Waals surface area (Å²) in [5, 5.41) is 10.5. The van der Waals surface area contributed by atoms with E-state index in [9.17, 15) is 5.11 Å². The van der Waals surface area contributed by atoms with Crippen molar-refractivity contribution in [2.75, 3.05) is 26.2 Å². The first-order valence-corrected chi connectivity index (χ1v) is 15.3. The number of nitrogens with zero attached hydrogens (tertiary/aromatic N) is 1. The summed E-state index contributed by atoms with van der Waals surface area (Å²) in [7, 11) is 0. The van der Waals surface area contributed by atoms with Gasteiger partial charge in [0.1, 0.15) is 0 Å². The molecule has 0 aromatic heterocycles. The maximum Gasteiger partial charge on any atom is 0.0667 e. The molecule has 3 heteroatoms. The number of rotatable bonds is 28. The molecule has 0 saturated carbocycles. The van der Waals surface area contributed by atoms with Crippen LogP contribution >= 0.6 is 0 Å². The lowest BCUT2D eigenvalue weighted by atomic mass is 10.0. The number of unbranched alkanes of at least 4 members (excludes halogenated alkanes) is 20. The molecule has 0 spiro atoms. The molecule has 0 heterocycles. The molecule has 0 radical (unpaired) electrons. The third-order valence-electron chi connectivity index (χ3n) is 7.13. The molecular formula is C30H64N2O. The molecule has 0 aliphatic carbocycles. The molecule has 0 aliphatic rings. The maximum absolute atomic E-state index is 10.5. The average molecular weight is 469 g/mol. The minimum atomic E-state index is -0.178. The van der Waals surface area contributed by atoms with E-state index in [0.29, 0.717) is 6.54 Å². The third kappa shape index (κ3) is 26.3. The number of hydrogen-bond donors (Lipinski definition) is 2. The fourth-order valence-corrected chi connectivity index (χ4v) is 4.91. The van der Waals surface area contributed by atoms with Gasteiger partial charge in [0.25, 0.3) is 0 Å². The van der Waals surface area contributed by atoms with Gasteiger partial charge in [0, 0.05) is 19.6 Å². The van der Waals surface area contributed by atoms with Crippen LogP contribution in [-0.4, -0.2) is 42.3 Å². The highest BCUT2D eigenvalue weighted by Gasteiger charge is 2.11. The average Bonchev–Trinajstić information content (AvgIpc) is 2.81. The number of aliphatic hydroxyl groups is 1. The Morgan fingerprint density at radius 2 is 0.879 bits per heavy atom. The monoisotopic (exact) mass is 469 g/mol. The molecule has 33 heavy (non-hydrogen) atoms. The van der Waals surface area contributed by atoms with E-state index >= 15 is 0 Å². The molecule has 0 bridgehead atoms. The maximum atomic E-state index is 10.5. The summed E-state index contributed by atoms with van der Waals surface area (Å²) in [6.07, 6.45) is 31.0. The molecule has 0 saturated heterocycles. The van der Waals surface area contributed by atoms with Crippen molar-refractivity contribution in [2.24, 2.45) is 5.73 Å². The summed E-state index contributed by atoms with van der Waals surface area (Å²) in [6.45, 7) is 8.10. The van der Waals surface area contributed by atoms with Crippen LogP contribution in [0.4, 0.5) is 0 Å². The van der Waals surface area contributed by atoms with Crippen LogP contribution < -0.4 is 5.73 Å². The summed E-state index contributed by atoms with van der Waals surface area (Å²) < 4.78 is 0. The molecule has 0 fully saturated rings. The van der Waals surface area contributed by atoms with E-state index in [1.807, 2.05) is 0 Å². The van der Waals surface area contributed by atoms with Gasteiger partial charge in [-0.1, -0.05) is 149 Å². The van der Waals surface area contributed by atoms with Crippen molar-refractivity contribution in [3.8, 4) is 0 Å². The van der Waals surface area contributed by atoms with Crippen LogP contribution in [0.2, 0.25) is 0 Å². The van der Waals surface area contributed by atoms with Crippen molar-refractivity contribution < 1.29 is 5.11 Å². The van der Waals surface area contributed by atoms with Gasteiger partial charge in [0.2, 0.25) is 0 Å². The van der Waals surface area contributed by atoms with Crippen LogP contribution in [-0.2, 0) is 0 Å². The first-order valence-electron chi connectivity index (χ1n) is 15.3. The van der Waals surface area contributed by atoms with Gasteiger partial charge in [-0.05, 0) is 19.4 Å². The van der Waals surface area contributed by atoms with Crippen LogP contribution in [0.25, 0.3) is 0 Å². The molecule has 0 aromatic rings. The smallest absolute Gasteiger partial charge is 0.0667 e. The van der Waals surface area contributed by atoms with Crippen LogP contribution in [0.5, 0.6) is 0 Å². The SMILES string of the molecule is CCCCCCCCCCCCCCN(CCN)CC(O)CCCCCCCCCCCC. The van der Waals surface area contributed by atoms with Gasteiger partial charge in [-0.15, -0.1) is 0 Å². The summed E-state index contributed by atoms with van der Waals surface area (Å²) in [5.41, 5.74) is 5.82. The molecule has 0 aromatic carbocycles. The minimum Gasteiger partial charge on any atom is -0.392 e. The van der Waals surface area contributed by atoms with Crippen molar-refractivity contribution in [3.05, 3.63) is 0 Å². The van der Waals surface area contributed by atoms with Gasteiger partial charge in [-0.3, -0.25) is 4.90 Å². The highest BCUT2D eigenvalue weighted by atomic mass is 16.3. The second kappa shape index (κ2) is 28.1. The lowest BCUT2D eigenvalue weighted by Gasteiger charge is -2.24. The van der Waals surface area contributed by atoms with E-state index in [1.54, 1.807) is 0 Å². The largest absolute Gasteiger partial charge is 0.392 e. The Hall–Kier alpha value is -0.120. The molecule has 0 aliphatic heterocycles. The normalized spacial score (nSPS) is 12.6. The van der Waals surface area contributed by atoms with Gasteiger partial charge in [-0.2, -0.15) is 0 Å². The number of hydrogen-bond acceptors (Lipinski definition) is 3. The third-order valence-corrected chi connectivity index (χ3v) is 7.13. The van der Waals surface area contributed by atoms with E-state index in [-0.39, 0.29) is 6.10 Å². The Balaban J connectivity index is 3.55. The predicted molar refractivity (Wildman–Crippen MR) is 149 cm³/mol. The lowest BCUT2D eigenvalue weighted by molar-refractivity contribution is 0.103. The van der Waals surface area contributed by atoms with E-state index in [2.05, 4.69) is 18.7 Å². The van der Waals surface area contributed by atoms with Gasteiger partial charge in [0.15, 0.2) is 0 Å². The molecule has 200 valence electrons. The predicted octanol–water partition coefficient (Wildman–Crippen LogP) is 8.62. The second-order valence-electron chi connectivity index (χ2n) is 10.6. The van der Waals surface area contributed by atoms with Gasteiger partial charge in [-0.25, -0.2) is 0 Å². The lowest BCUT2D eigenvalue weighted by Crippen LogP contribution is -2.36. The first kappa shape index (κ1) is 32.9. The van der Waals surface area contributed by atoms with Crippen molar-refractivity contribution in [1.82, 2.24) is 4.90 Å². The highest BCUT2D eigenvalue weighted by Crippen LogP contribution is 2.14. The Morgan fingerprint density at radius 1 is 0.515 bits per heavy atom. The van der Waals surface area contributed by atoms with E-state index < -0.39 is 0 Å². The van der Waals surface area contributed by atoms with Crippen molar-refractivity contribution >= 4 is 0 Å². The number of nitrogens with two attached hydrogens (primary N) is 1. The van der Waals surface area contributed by atoms with Crippen LogP contribution in [0, 0.1) is 0 Å². The standard InChI is InChI=1S/C30H64N2O/c1-3-5-7-9-11-13-15-16-18-20-22-24-27-32(28-26-31)29-30(33)25-23-21-19-17-14-12-10-8-6-4-2/h30,33H,3-29,31H2,1-2H3. The fraction of sp³-hybridized carbons (Fsp3) is 1.00. The van der Waals surface area contributed by atoms with E-state index in [1.165, 1.54) is 141 Å². The zero-order valence-electron chi connectivity index (χ0n) is 23.1. The molecule has 1 unspecified atom stereocenters. The van der Waals surface area contributed by atoms with Crippen molar-refractivity contribution in [1.29, 1.82) is 0 Å². The first-order chi connectivity index (χ1) is 16.2. The summed E-state index contributed by atoms with van der Waals surface area (Å²) in [5.74, 6) is 0. The second-order valence-corrected chi connectivity index (χ2v) is 10.6. The van der Waals surface area contributed by atoms with Gasteiger partial charge in [0.05, 0.1) is 6.10 Å². The topological polar surface area (TPSA) is 49.5 Å². The van der Waals surface area contributed by atoms with Crippen LogP contribution in [0.1, 0.15) is 162 Å². The molecule has 0 amide bonds. The van der Waals surface area contributed by atoms with Crippen LogP contribution in [0.15, 0.2) is 0 Å². The number of aliphatic hydroxyl groups excluding tert-OH is 1. The van der Waals surface area contributed by atoms with E-state index in [4.69, 9.17) is 5.73 Å². The highest BCUT2D eigenvalue weighted by molar-refractivity contribution is 4.66. The summed E-state index contributed by atoms with van der Waals surface area (Å²) >= 11 is 0.